The van der Waals surface area contributed by atoms with Crippen molar-refractivity contribution in [3.05, 3.63) is 36.7 Å². The number of hydrogen-bond acceptors (Lipinski definition) is 4. The zero-order valence-corrected chi connectivity index (χ0v) is 17.5. The highest BCUT2D eigenvalue weighted by Crippen LogP contribution is 2.34. The summed E-state index contributed by atoms with van der Waals surface area (Å²) in [5.74, 6) is -1.14. The molecule has 1 saturated carbocycles. The summed E-state index contributed by atoms with van der Waals surface area (Å²) < 4.78 is 19.7. The molecule has 2 N–H and O–H groups in total. The molecule has 3 rings (SSSR count). The van der Waals surface area contributed by atoms with Gasteiger partial charge in [-0.1, -0.05) is 6.08 Å². The van der Waals surface area contributed by atoms with E-state index in [1.165, 1.54) is 43.0 Å². The minimum absolute atomic E-state index is 0.114. The Hall–Kier alpha value is -2.90. The molecule has 7 nitrogen and oxygen atoms in total. The Morgan fingerprint density at radius 3 is 2.67 bits per heavy atom. The summed E-state index contributed by atoms with van der Waals surface area (Å²) in [4.78, 5) is 40.0. The molecule has 2 aliphatic rings. The lowest BCUT2D eigenvalue weighted by molar-refractivity contribution is -0.143. The van der Waals surface area contributed by atoms with Crippen LogP contribution in [0.2, 0.25) is 0 Å². The predicted octanol–water partition coefficient (Wildman–Crippen LogP) is 2.16. The third-order valence-electron chi connectivity index (χ3n) is 5.51. The van der Waals surface area contributed by atoms with Gasteiger partial charge in [-0.2, -0.15) is 0 Å². The summed E-state index contributed by atoms with van der Waals surface area (Å²) >= 11 is 0. The van der Waals surface area contributed by atoms with Crippen molar-refractivity contribution in [2.45, 2.75) is 45.8 Å². The van der Waals surface area contributed by atoms with E-state index < -0.39 is 41.1 Å². The van der Waals surface area contributed by atoms with E-state index in [9.17, 15) is 18.8 Å². The Kier molecular flexibility index (Phi) is 6.14. The topological polar surface area (TPSA) is 87.7 Å². The maximum Gasteiger partial charge on any atom is 0.253 e. The maximum atomic E-state index is 13.8. The van der Waals surface area contributed by atoms with Crippen LogP contribution in [0.1, 0.15) is 33.6 Å². The molecule has 1 aromatic rings. The van der Waals surface area contributed by atoms with E-state index in [2.05, 4.69) is 17.2 Å². The van der Waals surface area contributed by atoms with E-state index >= 15 is 0 Å². The van der Waals surface area contributed by atoms with Gasteiger partial charge in [0.2, 0.25) is 11.8 Å². The van der Waals surface area contributed by atoms with Crippen molar-refractivity contribution in [2.75, 3.05) is 18.0 Å². The molecule has 162 valence electrons. The van der Waals surface area contributed by atoms with Gasteiger partial charge in [-0.3, -0.25) is 14.4 Å². The zero-order valence-electron chi connectivity index (χ0n) is 17.5. The number of benzene rings is 1. The first-order chi connectivity index (χ1) is 14.1. The van der Waals surface area contributed by atoms with Crippen LogP contribution in [0.15, 0.2) is 30.9 Å². The highest BCUT2D eigenvalue weighted by atomic mass is 19.1. The van der Waals surface area contributed by atoms with Gasteiger partial charge in [0.15, 0.2) is 0 Å². The fraction of sp³-hybridized carbons (Fsp3) is 0.500. The number of hydrogen-bond donors (Lipinski definition) is 2. The van der Waals surface area contributed by atoms with Crippen LogP contribution in [0.4, 0.5) is 10.1 Å². The Labute approximate surface area is 175 Å². The van der Waals surface area contributed by atoms with Gasteiger partial charge in [-0.25, -0.2) is 4.39 Å². The first-order valence-electron chi connectivity index (χ1n) is 10.1. The molecule has 0 radical (unpaired) electrons. The van der Waals surface area contributed by atoms with E-state index in [0.717, 1.165) is 12.8 Å². The summed E-state index contributed by atoms with van der Waals surface area (Å²) in [6, 6.07) is 2.85. The van der Waals surface area contributed by atoms with Crippen LogP contribution < -0.4 is 20.3 Å². The fourth-order valence-electron chi connectivity index (χ4n) is 3.26. The van der Waals surface area contributed by atoms with Crippen molar-refractivity contribution in [1.82, 2.24) is 10.6 Å². The van der Waals surface area contributed by atoms with Gasteiger partial charge in [-0.05, 0) is 51.7 Å². The van der Waals surface area contributed by atoms with Gasteiger partial charge >= 0.3 is 0 Å². The quantitative estimate of drug-likeness (QED) is 0.526. The predicted molar refractivity (Wildman–Crippen MR) is 110 cm³/mol. The van der Waals surface area contributed by atoms with E-state index in [0.29, 0.717) is 18.2 Å². The number of carbonyl (C=O) groups excluding carboxylic acids is 3. The lowest BCUT2D eigenvalue weighted by Gasteiger charge is -2.29. The lowest BCUT2D eigenvalue weighted by Crippen LogP contribution is -2.58. The number of amides is 3. The molecule has 0 aromatic heterocycles. The third-order valence-corrected chi connectivity index (χ3v) is 5.51. The summed E-state index contributed by atoms with van der Waals surface area (Å²) in [6.45, 7) is 8.99. The summed E-state index contributed by atoms with van der Waals surface area (Å²) in [5.41, 5.74) is -1.10. The maximum absolute atomic E-state index is 13.8. The second-order valence-corrected chi connectivity index (χ2v) is 8.40. The number of ether oxygens (including phenoxy) is 1. The molecule has 3 amide bonds. The molecule has 1 fully saturated rings. The zero-order chi connectivity index (χ0) is 22.1. The van der Waals surface area contributed by atoms with E-state index in [1.54, 1.807) is 6.92 Å². The second-order valence-electron chi connectivity index (χ2n) is 8.40. The van der Waals surface area contributed by atoms with Gasteiger partial charge < -0.3 is 20.3 Å². The lowest BCUT2D eigenvalue weighted by atomic mass is 9.90. The van der Waals surface area contributed by atoms with E-state index in [-0.39, 0.29) is 12.2 Å². The smallest absolute Gasteiger partial charge is 0.253 e. The van der Waals surface area contributed by atoms with E-state index in [4.69, 9.17) is 4.74 Å². The van der Waals surface area contributed by atoms with Crippen molar-refractivity contribution in [1.29, 1.82) is 0 Å². The highest BCUT2D eigenvalue weighted by molar-refractivity contribution is 6.07. The van der Waals surface area contributed by atoms with Crippen molar-refractivity contribution >= 4 is 23.4 Å². The molecule has 30 heavy (non-hydrogen) atoms. The molecular weight excluding hydrogens is 389 g/mol. The van der Waals surface area contributed by atoms with Crippen LogP contribution in [0.5, 0.6) is 5.75 Å². The third kappa shape index (κ3) is 4.47. The summed E-state index contributed by atoms with van der Waals surface area (Å²) in [5, 5.41) is 5.48. The number of nitrogens with one attached hydrogen (secondary N) is 2. The minimum atomic E-state index is -1.37. The Bertz CT molecular complexity index is 866. The summed E-state index contributed by atoms with van der Waals surface area (Å²) in [7, 11) is 0. The first kappa shape index (κ1) is 21.8. The van der Waals surface area contributed by atoms with Crippen molar-refractivity contribution < 1.29 is 23.5 Å². The Balaban J connectivity index is 1.80. The van der Waals surface area contributed by atoms with Crippen LogP contribution in [0.3, 0.4) is 0 Å². The number of fused-ring (bicyclic) bond motifs is 1. The van der Waals surface area contributed by atoms with Gasteiger partial charge in [-0.15, -0.1) is 6.58 Å². The van der Waals surface area contributed by atoms with Gasteiger partial charge in [0.05, 0.1) is 5.69 Å². The second kappa shape index (κ2) is 8.45. The van der Waals surface area contributed by atoms with Crippen LogP contribution in [0.25, 0.3) is 0 Å². The van der Waals surface area contributed by atoms with Gasteiger partial charge in [0.25, 0.3) is 5.91 Å². The number of carbonyl (C=O) groups is 3. The molecule has 0 unspecified atom stereocenters. The monoisotopic (exact) mass is 417 g/mol. The molecule has 1 aliphatic carbocycles. The molecule has 0 saturated heterocycles. The molecule has 0 spiro atoms. The first-order valence-corrected chi connectivity index (χ1v) is 10.1. The number of rotatable bonds is 7. The Morgan fingerprint density at radius 1 is 1.33 bits per heavy atom. The largest absolute Gasteiger partial charge is 0.486 e. The Morgan fingerprint density at radius 2 is 2.03 bits per heavy atom. The fourth-order valence-corrected chi connectivity index (χ4v) is 3.26. The van der Waals surface area contributed by atoms with Crippen LogP contribution in [-0.2, 0) is 14.4 Å². The molecule has 1 heterocycles. The minimum Gasteiger partial charge on any atom is -0.486 e. The number of nitrogens with zero attached hydrogens (tertiary/aromatic N) is 1. The molecular formula is C22H28FN3O4. The van der Waals surface area contributed by atoms with E-state index in [1.807, 2.05) is 0 Å². The van der Waals surface area contributed by atoms with Crippen LogP contribution in [0, 0.1) is 17.2 Å². The van der Waals surface area contributed by atoms with Crippen LogP contribution in [-0.4, -0.2) is 43.0 Å². The van der Waals surface area contributed by atoms with Gasteiger partial charge in [0.1, 0.15) is 29.1 Å². The molecule has 1 aliphatic heterocycles. The molecule has 8 heteroatoms. The standard InChI is InChI=1S/C22H28FN3O4/c1-5-10-26-16-11-15(23)8-9-17(16)30-13(2)18(19(26)27)25-21(29)22(3,4)20(28)24-12-14-6-7-14/h5,8-9,11,13-14,18H,1,6-7,10,12H2,2-4H3,(H,24,28)(H,25,29)/t13-,18+/m1/s1. The average Bonchev–Trinajstić information content (AvgIpc) is 3.53. The van der Waals surface area contributed by atoms with Gasteiger partial charge in [0, 0.05) is 19.2 Å². The SMILES string of the molecule is C=CCN1C(=O)[C@@H](NC(=O)C(C)(C)C(=O)NCC2CC2)[C@@H](C)Oc2ccc(F)cc21. The van der Waals surface area contributed by atoms with Crippen LogP contribution >= 0.6 is 0 Å². The molecule has 1 aromatic carbocycles. The number of halogens is 1. The summed E-state index contributed by atoms with van der Waals surface area (Å²) in [6.07, 6.45) is 2.94. The van der Waals surface area contributed by atoms with Crippen molar-refractivity contribution in [3.8, 4) is 5.75 Å². The molecule has 2 atom stereocenters. The number of anilines is 1. The normalized spacial score (nSPS) is 21.2. The van der Waals surface area contributed by atoms with Crippen molar-refractivity contribution in [2.24, 2.45) is 11.3 Å². The van der Waals surface area contributed by atoms with Crippen molar-refractivity contribution in [3.63, 3.8) is 0 Å². The average molecular weight is 417 g/mol. The molecule has 0 bridgehead atoms. The highest BCUT2D eigenvalue weighted by Gasteiger charge is 2.42.